The lowest BCUT2D eigenvalue weighted by atomic mass is 9.95. The van der Waals surface area contributed by atoms with Gasteiger partial charge >= 0.3 is 6.03 Å². The molecule has 2 fully saturated rings. The van der Waals surface area contributed by atoms with E-state index in [9.17, 15) is 14.0 Å². The Morgan fingerprint density at radius 3 is 2.80 bits per heavy atom. The fraction of sp³-hybridized carbons (Fsp3) is 0.636. The number of fused-ring (bicyclic) bond motifs is 1. The molecule has 1 saturated carbocycles. The van der Waals surface area contributed by atoms with Gasteiger partial charge in [-0.3, -0.25) is 10.1 Å². The lowest BCUT2D eigenvalue weighted by Gasteiger charge is -2.34. The molecule has 0 spiro atoms. The van der Waals surface area contributed by atoms with E-state index >= 15 is 0 Å². The molecule has 164 valence electrons. The third-order valence-electron chi connectivity index (χ3n) is 6.05. The molecule has 3 amide bonds. The van der Waals surface area contributed by atoms with Crippen LogP contribution < -0.4 is 10.1 Å². The van der Waals surface area contributed by atoms with Crippen LogP contribution in [0, 0.1) is 11.7 Å². The second-order valence-corrected chi connectivity index (χ2v) is 9.61. The summed E-state index contributed by atoms with van der Waals surface area (Å²) < 4.78 is 22.5. The topological polar surface area (TPSA) is 61.9 Å². The molecular formula is C22H30FN3O3S. The van der Waals surface area contributed by atoms with E-state index < -0.39 is 0 Å². The Bertz CT molecular complexity index is 802. The molecule has 0 bridgehead atoms. The molecule has 6 nitrogen and oxygen atoms in total. The summed E-state index contributed by atoms with van der Waals surface area (Å²) in [5.74, 6) is 1.55. The number of carbonyl (C=O) groups is 2. The highest BCUT2D eigenvalue weighted by molar-refractivity contribution is 7.97. The molecule has 8 heteroatoms. The van der Waals surface area contributed by atoms with Crippen LogP contribution in [0.5, 0.6) is 5.75 Å². The molecule has 1 N–H and O–H groups in total. The van der Waals surface area contributed by atoms with Crippen molar-refractivity contribution in [1.29, 1.82) is 0 Å². The molecule has 3 aliphatic rings. The lowest BCUT2D eigenvalue weighted by Crippen LogP contribution is -2.29. The van der Waals surface area contributed by atoms with Crippen LogP contribution >= 0.6 is 11.9 Å². The van der Waals surface area contributed by atoms with E-state index in [0.29, 0.717) is 24.8 Å². The fourth-order valence-electron chi connectivity index (χ4n) is 4.00. The number of urea groups is 1. The number of nitrogens with one attached hydrogen (secondary N) is 1. The van der Waals surface area contributed by atoms with E-state index in [1.54, 1.807) is 11.0 Å². The molecular weight excluding hydrogens is 405 g/mol. The fourth-order valence-corrected chi connectivity index (χ4v) is 5.13. The summed E-state index contributed by atoms with van der Waals surface area (Å²) >= 11 is 1.84. The second kappa shape index (κ2) is 9.56. The molecule has 1 unspecified atom stereocenters. The van der Waals surface area contributed by atoms with E-state index in [2.05, 4.69) is 16.5 Å². The van der Waals surface area contributed by atoms with Gasteiger partial charge in [-0.25, -0.2) is 13.5 Å². The van der Waals surface area contributed by atoms with Crippen LogP contribution in [0.3, 0.4) is 0 Å². The number of nitrogens with zero attached hydrogens (tertiary/aromatic N) is 2. The maximum Gasteiger partial charge on any atom is 0.324 e. The predicted molar refractivity (Wildman–Crippen MR) is 115 cm³/mol. The maximum atomic E-state index is 14.4. The van der Waals surface area contributed by atoms with E-state index in [1.165, 1.54) is 18.4 Å². The number of rotatable bonds is 10. The number of ether oxygens (including phenoxy) is 1. The third kappa shape index (κ3) is 5.27. The SMILES string of the molecule is CC1c2cc(OCC3CC3)c(F)cc2CCN1SCCCCCN1CC(=O)NC1=O. The summed E-state index contributed by atoms with van der Waals surface area (Å²) in [4.78, 5) is 24.3. The first kappa shape index (κ1) is 21.4. The summed E-state index contributed by atoms with van der Waals surface area (Å²) in [6, 6.07) is 3.52. The van der Waals surface area contributed by atoms with Crippen molar-refractivity contribution in [3.63, 3.8) is 0 Å². The van der Waals surface area contributed by atoms with Crippen LogP contribution in [0.4, 0.5) is 9.18 Å². The molecule has 2 heterocycles. The Morgan fingerprint density at radius 2 is 2.07 bits per heavy atom. The number of hydrogen-bond donors (Lipinski definition) is 1. The van der Waals surface area contributed by atoms with E-state index in [1.807, 2.05) is 18.0 Å². The van der Waals surface area contributed by atoms with Gasteiger partial charge in [-0.15, -0.1) is 0 Å². The first-order chi connectivity index (χ1) is 14.5. The Morgan fingerprint density at radius 1 is 1.23 bits per heavy atom. The molecule has 0 aromatic heterocycles. The quantitative estimate of drug-likeness (QED) is 0.343. The minimum absolute atomic E-state index is 0.186. The van der Waals surface area contributed by atoms with Gasteiger partial charge in [0.2, 0.25) is 5.91 Å². The highest BCUT2D eigenvalue weighted by atomic mass is 32.2. The Balaban J connectivity index is 1.21. The first-order valence-corrected chi connectivity index (χ1v) is 11.9. The molecule has 1 aromatic carbocycles. The minimum atomic E-state index is -0.271. The van der Waals surface area contributed by atoms with Gasteiger partial charge in [0.25, 0.3) is 0 Å². The molecule has 1 atom stereocenters. The van der Waals surface area contributed by atoms with E-state index in [-0.39, 0.29) is 30.3 Å². The minimum Gasteiger partial charge on any atom is -0.490 e. The lowest BCUT2D eigenvalue weighted by molar-refractivity contribution is -0.118. The van der Waals surface area contributed by atoms with Crippen molar-refractivity contribution in [3.05, 3.63) is 29.1 Å². The first-order valence-electron chi connectivity index (χ1n) is 10.9. The zero-order valence-electron chi connectivity index (χ0n) is 17.5. The zero-order chi connectivity index (χ0) is 21.1. The van der Waals surface area contributed by atoms with Gasteiger partial charge in [-0.05, 0) is 68.2 Å². The van der Waals surface area contributed by atoms with E-state index in [4.69, 9.17) is 4.74 Å². The van der Waals surface area contributed by atoms with Crippen LogP contribution in [-0.2, 0) is 11.2 Å². The third-order valence-corrected chi connectivity index (χ3v) is 7.35. The van der Waals surface area contributed by atoms with Crippen molar-refractivity contribution in [1.82, 2.24) is 14.5 Å². The predicted octanol–water partition coefficient (Wildman–Crippen LogP) is 3.90. The van der Waals surface area contributed by atoms with Gasteiger partial charge in [0, 0.05) is 24.9 Å². The summed E-state index contributed by atoms with van der Waals surface area (Å²) in [5, 5.41) is 2.30. The highest BCUT2D eigenvalue weighted by Gasteiger charge is 2.28. The molecule has 0 radical (unpaired) electrons. The van der Waals surface area contributed by atoms with Crippen molar-refractivity contribution in [2.24, 2.45) is 5.92 Å². The Kier molecular flexibility index (Phi) is 6.83. The standard InChI is InChI=1S/C22H30FN3O3S/c1-15-18-12-20(29-14-16-5-6-16)19(23)11-17(18)7-9-26(15)30-10-4-2-3-8-25-13-21(27)24-22(25)28/h11-12,15-16H,2-10,13-14H2,1H3,(H,24,27,28). The summed E-state index contributed by atoms with van der Waals surface area (Å²) in [5.41, 5.74) is 2.26. The normalized spacial score (nSPS) is 21.7. The van der Waals surface area contributed by atoms with Crippen LogP contribution in [-0.4, -0.2) is 53.1 Å². The van der Waals surface area contributed by atoms with Gasteiger partial charge < -0.3 is 9.64 Å². The Labute approximate surface area is 181 Å². The number of amides is 3. The van der Waals surface area contributed by atoms with Crippen LogP contribution in [0.15, 0.2) is 12.1 Å². The van der Waals surface area contributed by atoms with Crippen molar-refractivity contribution < 1.29 is 18.7 Å². The zero-order valence-corrected chi connectivity index (χ0v) is 18.3. The smallest absolute Gasteiger partial charge is 0.324 e. The largest absolute Gasteiger partial charge is 0.490 e. The second-order valence-electron chi connectivity index (χ2n) is 8.47. The van der Waals surface area contributed by atoms with Crippen LogP contribution in [0.2, 0.25) is 0 Å². The number of unbranched alkanes of at least 4 members (excludes halogenated alkanes) is 2. The van der Waals surface area contributed by atoms with Crippen LogP contribution in [0.1, 0.15) is 56.2 Å². The Hall–Kier alpha value is -1.80. The van der Waals surface area contributed by atoms with Gasteiger partial charge in [0.05, 0.1) is 6.61 Å². The van der Waals surface area contributed by atoms with Crippen molar-refractivity contribution in [2.75, 3.05) is 32.0 Å². The summed E-state index contributed by atoms with van der Waals surface area (Å²) in [6.45, 7) is 4.53. The maximum absolute atomic E-state index is 14.4. The van der Waals surface area contributed by atoms with Gasteiger partial charge in [0.1, 0.15) is 6.54 Å². The monoisotopic (exact) mass is 435 g/mol. The number of hydrogen-bond acceptors (Lipinski definition) is 5. The van der Waals surface area contributed by atoms with Crippen LogP contribution in [0.25, 0.3) is 0 Å². The van der Waals surface area contributed by atoms with E-state index in [0.717, 1.165) is 43.5 Å². The average Bonchev–Trinajstić information content (AvgIpc) is 3.48. The van der Waals surface area contributed by atoms with Crippen molar-refractivity contribution >= 4 is 23.9 Å². The summed E-state index contributed by atoms with van der Waals surface area (Å²) in [7, 11) is 0. The molecule has 4 rings (SSSR count). The van der Waals surface area contributed by atoms with Gasteiger partial charge in [0.15, 0.2) is 11.6 Å². The molecule has 1 aromatic rings. The number of halogens is 1. The van der Waals surface area contributed by atoms with Gasteiger partial charge in [-0.1, -0.05) is 18.4 Å². The molecule has 1 aliphatic carbocycles. The molecule has 30 heavy (non-hydrogen) atoms. The van der Waals surface area contributed by atoms with Crippen molar-refractivity contribution in [3.8, 4) is 5.75 Å². The molecule has 2 aliphatic heterocycles. The number of carbonyl (C=O) groups excluding carboxylic acids is 2. The summed E-state index contributed by atoms with van der Waals surface area (Å²) in [6.07, 6.45) is 6.22. The number of benzene rings is 1. The van der Waals surface area contributed by atoms with Crippen molar-refractivity contribution in [2.45, 2.75) is 51.5 Å². The number of imide groups is 1. The highest BCUT2D eigenvalue weighted by Crippen LogP contribution is 2.38. The van der Waals surface area contributed by atoms with Gasteiger partial charge in [-0.2, -0.15) is 0 Å². The average molecular weight is 436 g/mol. The molecule has 1 saturated heterocycles.